The van der Waals surface area contributed by atoms with E-state index < -0.39 is 0 Å². The molecular weight excluding hydrogens is 396 g/mol. The summed E-state index contributed by atoms with van der Waals surface area (Å²) in [6, 6.07) is 13.8. The average Bonchev–Trinajstić information content (AvgIpc) is 3.03. The Morgan fingerprint density at radius 2 is 1.80 bits per heavy atom. The van der Waals surface area contributed by atoms with Gasteiger partial charge >= 0.3 is 0 Å². The maximum Gasteiger partial charge on any atom is 0.254 e. The molecule has 158 valence electrons. The minimum absolute atomic E-state index is 0.0131. The number of carbonyl (C=O) groups is 1. The molecule has 0 saturated carbocycles. The molecule has 0 atom stereocenters. The Labute approximate surface area is 182 Å². The van der Waals surface area contributed by atoms with Crippen LogP contribution in [0.2, 0.25) is 0 Å². The zero-order valence-corrected chi connectivity index (χ0v) is 19.0. The van der Waals surface area contributed by atoms with Crippen LogP contribution in [0, 0.1) is 27.7 Å². The third-order valence-corrected chi connectivity index (χ3v) is 6.01. The summed E-state index contributed by atoms with van der Waals surface area (Å²) >= 11 is 1.62. The number of nitrogens with zero attached hydrogens (tertiary/aromatic N) is 2. The van der Waals surface area contributed by atoms with Crippen LogP contribution in [-0.4, -0.2) is 36.2 Å². The van der Waals surface area contributed by atoms with Gasteiger partial charge in [-0.15, -0.1) is 11.8 Å². The molecule has 0 unspecified atom stereocenters. The fourth-order valence-electron chi connectivity index (χ4n) is 3.25. The SMILES string of the molecule is Cc1cc(C)cc(OCCN(C)C(=O)c2ccccc2SCc2c(C)noc2C)c1. The molecule has 0 aliphatic carbocycles. The monoisotopic (exact) mass is 424 g/mol. The summed E-state index contributed by atoms with van der Waals surface area (Å²) < 4.78 is 11.1. The van der Waals surface area contributed by atoms with Crippen molar-refractivity contribution >= 4 is 17.7 Å². The number of aromatic nitrogens is 1. The van der Waals surface area contributed by atoms with E-state index in [-0.39, 0.29) is 5.91 Å². The molecule has 0 saturated heterocycles. The summed E-state index contributed by atoms with van der Waals surface area (Å²) in [5.74, 6) is 2.36. The van der Waals surface area contributed by atoms with Crippen LogP contribution in [0.15, 0.2) is 51.9 Å². The summed E-state index contributed by atoms with van der Waals surface area (Å²) in [6.45, 7) is 8.90. The lowest BCUT2D eigenvalue weighted by atomic mass is 10.1. The Kier molecular flexibility index (Phi) is 7.21. The molecule has 0 N–H and O–H groups in total. The molecule has 5 nitrogen and oxygen atoms in total. The predicted molar refractivity (Wildman–Crippen MR) is 120 cm³/mol. The molecule has 6 heteroatoms. The molecule has 30 heavy (non-hydrogen) atoms. The van der Waals surface area contributed by atoms with Gasteiger partial charge in [-0.05, 0) is 63.1 Å². The highest BCUT2D eigenvalue weighted by atomic mass is 32.2. The van der Waals surface area contributed by atoms with E-state index in [1.807, 2.05) is 71.1 Å². The largest absolute Gasteiger partial charge is 0.492 e. The Bertz CT molecular complexity index is 989. The molecule has 0 aliphatic rings. The first-order valence-electron chi connectivity index (χ1n) is 9.95. The number of hydrogen-bond acceptors (Lipinski definition) is 5. The standard InChI is InChI=1S/C24H28N2O3S/c1-16-12-17(2)14-20(13-16)28-11-10-26(5)24(27)21-8-6-7-9-23(21)30-15-22-18(3)25-29-19(22)4/h6-9,12-14H,10-11,15H2,1-5H3. The highest BCUT2D eigenvalue weighted by molar-refractivity contribution is 7.98. The molecular formula is C24H28N2O3S. The smallest absolute Gasteiger partial charge is 0.254 e. The lowest BCUT2D eigenvalue weighted by Crippen LogP contribution is -2.31. The molecule has 3 aromatic rings. The summed E-state index contributed by atoms with van der Waals surface area (Å²) in [5, 5.41) is 4.01. The van der Waals surface area contributed by atoms with Crippen molar-refractivity contribution < 1.29 is 14.1 Å². The molecule has 1 aromatic heterocycles. The zero-order chi connectivity index (χ0) is 21.7. The molecule has 1 heterocycles. The van der Waals surface area contributed by atoms with Crippen LogP contribution in [0.1, 0.15) is 38.5 Å². The van der Waals surface area contributed by atoms with Gasteiger partial charge in [0.2, 0.25) is 0 Å². The van der Waals surface area contributed by atoms with Gasteiger partial charge < -0.3 is 14.2 Å². The molecule has 0 fully saturated rings. The van der Waals surface area contributed by atoms with Crippen molar-refractivity contribution in [2.45, 2.75) is 38.3 Å². The van der Waals surface area contributed by atoms with Crippen LogP contribution in [0.3, 0.4) is 0 Å². The van der Waals surface area contributed by atoms with Crippen molar-refractivity contribution in [3.63, 3.8) is 0 Å². The second kappa shape index (κ2) is 9.85. The van der Waals surface area contributed by atoms with E-state index in [4.69, 9.17) is 9.26 Å². The first-order chi connectivity index (χ1) is 14.3. The number of ether oxygens (including phenoxy) is 1. The van der Waals surface area contributed by atoms with Gasteiger partial charge in [-0.1, -0.05) is 23.4 Å². The van der Waals surface area contributed by atoms with Crippen LogP contribution >= 0.6 is 11.8 Å². The zero-order valence-electron chi connectivity index (χ0n) is 18.2. The third-order valence-electron chi connectivity index (χ3n) is 4.91. The van der Waals surface area contributed by atoms with Gasteiger partial charge in [-0.3, -0.25) is 4.79 Å². The summed E-state index contributed by atoms with van der Waals surface area (Å²) in [7, 11) is 1.81. The first kappa shape index (κ1) is 22.0. The van der Waals surface area contributed by atoms with Crippen LogP contribution < -0.4 is 4.74 Å². The van der Waals surface area contributed by atoms with Gasteiger partial charge in [0.15, 0.2) is 0 Å². The maximum atomic E-state index is 13.0. The topological polar surface area (TPSA) is 55.6 Å². The molecule has 2 aromatic carbocycles. The summed E-state index contributed by atoms with van der Waals surface area (Å²) in [6.07, 6.45) is 0. The number of rotatable bonds is 8. The predicted octanol–water partition coefficient (Wildman–Crippen LogP) is 5.35. The van der Waals surface area contributed by atoms with Crippen molar-refractivity contribution in [2.24, 2.45) is 0 Å². The van der Waals surface area contributed by atoms with Gasteiger partial charge in [0.1, 0.15) is 18.1 Å². The van der Waals surface area contributed by atoms with E-state index in [0.29, 0.717) is 24.5 Å². The van der Waals surface area contributed by atoms with Crippen LogP contribution in [-0.2, 0) is 5.75 Å². The minimum Gasteiger partial charge on any atom is -0.492 e. The number of thioether (sulfide) groups is 1. The molecule has 1 amide bonds. The van der Waals surface area contributed by atoms with E-state index in [0.717, 1.165) is 27.7 Å². The van der Waals surface area contributed by atoms with Gasteiger partial charge in [0.05, 0.1) is 17.8 Å². The third kappa shape index (κ3) is 5.45. The molecule has 0 bridgehead atoms. The minimum atomic E-state index is -0.0131. The highest BCUT2D eigenvalue weighted by Gasteiger charge is 2.17. The second-order valence-corrected chi connectivity index (χ2v) is 8.50. The fraction of sp³-hybridized carbons (Fsp3) is 0.333. The number of amides is 1. The maximum absolute atomic E-state index is 13.0. The summed E-state index contributed by atoms with van der Waals surface area (Å²) in [5.41, 5.74) is 5.00. The van der Waals surface area contributed by atoms with Gasteiger partial charge in [-0.25, -0.2) is 0 Å². The molecule has 0 radical (unpaired) electrons. The van der Waals surface area contributed by atoms with Crippen molar-refractivity contribution in [1.29, 1.82) is 0 Å². The number of benzene rings is 2. The first-order valence-corrected chi connectivity index (χ1v) is 10.9. The lowest BCUT2D eigenvalue weighted by Gasteiger charge is -2.19. The molecule has 3 rings (SSSR count). The Balaban J connectivity index is 1.61. The van der Waals surface area contributed by atoms with Crippen molar-refractivity contribution in [1.82, 2.24) is 10.1 Å². The number of aryl methyl sites for hydroxylation is 4. The Morgan fingerprint density at radius 3 is 2.47 bits per heavy atom. The van der Waals surface area contributed by atoms with E-state index in [2.05, 4.69) is 11.2 Å². The van der Waals surface area contributed by atoms with Gasteiger partial charge in [0, 0.05) is 23.3 Å². The number of hydrogen-bond donors (Lipinski definition) is 0. The van der Waals surface area contributed by atoms with E-state index in [1.165, 1.54) is 11.1 Å². The van der Waals surface area contributed by atoms with Gasteiger partial charge in [0.25, 0.3) is 5.91 Å². The van der Waals surface area contributed by atoms with E-state index in [9.17, 15) is 4.79 Å². The summed E-state index contributed by atoms with van der Waals surface area (Å²) in [4.78, 5) is 15.7. The number of likely N-dealkylation sites (N-methyl/N-ethyl adjacent to an activating group) is 1. The highest BCUT2D eigenvalue weighted by Crippen LogP contribution is 2.29. The van der Waals surface area contributed by atoms with E-state index in [1.54, 1.807) is 16.7 Å². The van der Waals surface area contributed by atoms with Crippen LogP contribution in [0.4, 0.5) is 0 Å². The molecule has 0 aliphatic heterocycles. The average molecular weight is 425 g/mol. The van der Waals surface area contributed by atoms with Crippen molar-refractivity contribution in [2.75, 3.05) is 20.2 Å². The Morgan fingerprint density at radius 1 is 1.10 bits per heavy atom. The van der Waals surface area contributed by atoms with Gasteiger partial charge in [-0.2, -0.15) is 0 Å². The van der Waals surface area contributed by atoms with Crippen molar-refractivity contribution in [3.8, 4) is 5.75 Å². The van der Waals surface area contributed by atoms with Crippen LogP contribution in [0.25, 0.3) is 0 Å². The van der Waals surface area contributed by atoms with E-state index >= 15 is 0 Å². The molecule has 0 spiro atoms. The second-order valence-electron chi connectivity index (χ2n) is 7.49. The Hall–Kier alpha value is -2.73. The normalized spacial score (nSPS) is 10.8. The lowest BCUT2D eigenvalue weighted by molar-refractivity contribution is 0.0770. The van der Waals surface area contributed by atoms with Crippen molar-refractivity contribution in [3.05, 3.63) is 76.2 Å². The van der Waals surface area contributed by atoms with Crippen LogP contribution in [0.5, 0.6) is 5.75 Å². The fourth-order valence-corrected chi connectivity index (χ4v) is 4.45. The quantitative estimate of drug-likeness (QED) is 0.456. The number of carbonyl (C=O) groups excluding carboxylic acids is 1.